The summed E-state index contributed by atoms with van der Waals surface area (Å²) in [6, 6.07) is 0.361. The number of rotatable bonds is 1. The molecule has 4 heteroatoms. The molecule has 0 aromatic carbocycles. The smallest absolute Gasteiger partial charge is 0.194 e. The van der Waals surface area contributed by atoms with E-state index in [1.54, 1.807) is 11.3 Å². The Bertz CT molecular complexity index is 480. The van der Waals surface area contributed by atoms with Crippen LogP contribution in [0.3, 0.4) is 0 Å². The molecule has 1 aliphatic rings. The van der Waals surface area contributed by atoms with Crippen LogP contribution in [0.15, 0.2) is 23.3 Å². The summed E-state index contributed by atoms with van der Waals surface area (Å²) in [5.41, 5.74) is 8.37. The van der Waals surface area contributed by atoms with Crippen LogP contribution in [0, 0.1) is 0 Å². The largest absolute Gasteiger partial charge is 0.327 e. The van der Waals surface area contributed by atoms with Crippen molar-refractivity contribution >= 4 is 22.4 Å². The van der Waals surface area contributed by atoms with Gasteiger partial charge in [-0.3, -0.25) is 4.40 Å². The third-order valence-electron chi connectivity index (χ3n) is 2.82. The Hall–Kier alpha value is -1.13. The first-order valence-corrected chi connectivity index (χ1v) is 6.06. The standard InChI is InChI=1S/C11H13N3S/c12-9-2-1-8(5-9)6-10-7-14-3-4-15-11(14)13-10/h3-4,6-7,9H,1-2,5,12H2/b8-6-. The van der Waals surface area contributed by atoms with E-state index in [1.165, 1.54) is 5.57 Å². The van der Waals surface area contributed by atoms with Gasteiger partial charge in [-0.1, -0.05) is 5.57 Å². The minimum atomic E-state index is 0.361. The van der Waals surface area contributed by atoms with Gasteiger partial charge in [0.2, 0.25) is 0 Å². The average Bonchev–Trinajstić information content (AvgIpc) is 2.81. The fourth-order valence-electron chi connectivity index (χ4n) is 2.07. The van der Waals surface area contributed by atoms with Crippen molar-refractivity contribution in [2.75, 3.05) is 0 Å². The van der Waals surface area contributed by atoms with Crippen LogP contribution in [0.5, 0.6) is 0 Å². The van der Waals surface area contributed by atoms with Gasteiger partial charge in [0.25, 0.3) is 0 Å². The van der Waals surface area contributed by atoms with E-state index in [-0.39, 0.29) is 0 Å². The molecule has 0 aliphatic heterocycles. The lowest BCUT2D eigenvalue weighted by Crippen LogP contribution is -2.13. The molecule has 0 spiro atoms. The molecule has 1 unspecified atom stereocenters. The summed E-state index contributed by atoms with van der Waals surface area (Å²) in [4.78, 5) is 5.58. The highest BCUT2D eigenvalue weighted by molar-refractivity contribution is 7.15. The van der Waals surface area contributed by atoms with Gasteiger partial charge in [0, 0.05) is 23.8 Å². The second-order valence-corrected chi connectivity index (χ2v) is 4.94. The minimum Gasteiger partial charge on any atom is -0.327 e. The van der Waals surface area contributed by atoms with Crippen molar-refractivity contribution in [2.45, 2.75) is 25.3 Å². The molecule has 0 saturated heterocycles. The van der Waals surface area contributed by atoms with Crippen LogP contribution in [-0.4, -0.2) is 15.4 Å². The first-order valence-electron chi connectivity index (χ1n) is 5.18. The maximum Gasteiger partial charge on any atom is 0.194 e. The van der Waals surface area contributed by atoms with Crippen LogP contribution in [0.4, 0.5) is 0 Å². The van der Waals surface area contributed by atoms with Crippen molar-refractivity contribution in [1.82, 2.24) is 9.38 Å². The van der Waals surface area contributed by atoms with E-state index in [1.807, 2.05) is 11.6 Å². The number of hydrogen-bond acceptors (Lipinski definition) is 3. The molecular formula is C11H13N3S. The lowest BCUT2D eigenvalue weighted by atomic mass is 10.2. The Balaban J connectivity index is 1.91. The first kappa shape index (κ1) is 9.12. The summed E-state index contributed by atoms with van der Waals surface area (Å²) in [6.45, 7) is 0. The Morgan fingerprint density at radius 3 is 3.27 bits per heavy atom. The van der Waals surface area contributed by atoms with E-state index < -0.39 is 0 Å². The zero-order valence-electron chi connectivity index (χ0n) is 8.39. The monoisotopic (exact) mass is 219 g/mol. The summed E-state index contributed by atoms with van der Waals surface area (Å²) in [7, 11) is 0. The van der Waals surface area contributed by atoms with Crippen LogP contribution in [0.1, 0.15) is 25.0 Å². The van der Waals surface area contributed by atoms with E-state index in [0.29, 0.717) is 6.04 Å². The Kier molecular flexibility index (Phi) is 2.11. The van der Waals surface area contributed by atoms with Crippen LogP contribution in [0.2, 0.25) is 0 Å². The van der Waals surface area contributed by atoms with Gasteiger partial charge < -0.3 is 5.73 Å². The highest BCUT2D eigenvalue weighted by atomic mass is 32.1. The van der Waals surface area contributed by atoms with Crippen molar-refractivity contribution in [2.24, 2.45) is 5.73 Å². The first-order chi connectivity index (χ1) is 7.31. The lowest BCUT2D eigenvalue weighted by molar-refractivity contribution is 0.711. The Morgan fingerprint density at radius 1 is 1.60 bits per heavy atom. The van der Waals surface area contributed by atoms with E-state index in [2.05, 4.69) is 21.7 Å². The molecule has 2 aromatic heterocycles. The Morgan fingerprint density at radius 2 is 2.53 bits per heavy atom. The number of aromatic nitrogens is 2. The van der Waals surface area contributed by atoms with Crippen molar-refractivity contribution in [3.63, 3.8) is 0 Å². The van der Waals surface area contributed by atoms with E-state index in [4.69, 9.17) is 5.73 Å². The maximum atomic E-state index is 5.87. The van der Waals surface area contributed by atoms with Gasteiger partial charge in [0.05, 0.1) is 5.69 Å². The molecule has 1 saturated carbocycles. The molecule has 0 amide bonds. The summed E-state index contributed by atoms with van der Waals surface area (Å²) in [6.07, 6.45) is 9.58. The van der Waals surface area contributed by atoms with Crippen molar-refractivity contribution in [3.8, 4) is 0 Å². The van der Waals surface area contributed by atoms with Crippen LogP contribution in [-0.2, 0) is 0 Å². The van der Waals surface area contributed by atoms with Crippen LogP contribution >= 0.6 is 11.3 Å². The predicted molar refractivity (Wildman–Crippen MR) is 62.9 cm³/mol. The summed E-state index contributed by atoms with van der Waals surface area (Å²) < 4.78 is 2.06. The zero-order valence-corrected chi connectivity index (χ0v) is 9.20. The maximum absolute atomic E-state index is 5.87. The second-order valence-electron chi connectivity index (χ2n) is 4.06. The molecule has 3 nitrogen and oxygen atoms in total. The number of thiazole rings is 1. The van der Waals surface area contributed by atoms with Gasteiger partial charge in [-0.2, -0.15) is 0 Å². The second kappa shape index (κ2) is 3.47. The number of nitrogens with zero attached hydrogens (tertiary/aromatic N) is 2. The molecule has 0 bridgehead atoms. The van der Waals surface area contributed by atoms with E-state index in [0.717, 1.165) is 29.9 Å². The molecule has 1 atom stereocenters. The van der Waals surface area contributed by atoms with Crippen LogP contribution in [0.25, 0.3) is 11.0 Å². The number of nitrogens with two attached hydrogens (primary N) is 1. The normalized spacial score (nSPS) is 24.3. The molecule has 1 fully saturated rings. The van der Waals surface area contributed by atoms with E-state index >= 15 is 0 Å². The highest BCUT2D eigenvalue weighted by Gasteiger charge is 2.15. The third kappa shape index (κ3) is 1.70. The van der Waals surface area contributed by atoms with Crippen LogP contribution < -0.4 is 5.73 Å². The van der Waals surface area contributed by atoms with Gasteiger partial charge in [-0.15, -0.1) is 11.3 Å². The predicted octanol–water partition coefficient (Wildman–Crippen LogP) is 2.29. The molecule has 2 aromatic rings. The molecule has 3 rings (SSSR count). The summed E-state index contributed by atoms with van der Waals surface area (Å²) >= 11 is 1.66. The molecule has 1 aliphatic carbocycles. The number of imidazole rings is 1. The fourth-order valence-corrected chi connectivity index (χ4v) is 2.77. The average molecular weight is 219 g/mol. The zero-order chi connectivity index (χ0) is 10.3. The molecule has 15 heavy (non-hydrogen) atoms. The molecule has 0 radical (unpaired) electrons. The number of fused-ring (bicyclic) bond motifs is 1. The van der Waals surface area contributed by atoms with Gasteiger partial charge >= 0.3 is 0 Å². The minimum absolute atomic E-state index is 0.361. The van der Waals surface area contributed by atoms with Gasteiger partial charge in [-0.05, 0) is 25.3 Å². The summed E-state index contributed by atoms with van der Waals surface area (Å²) in [5.74, 6) is 0. The Labute approximate surface area is 92.2 Å². The van der Waals surface area contributed by atoms with Gasteiger partial charge in [0.15, 0.2) is 4.96 Å². The quantitative estimate of drug-likeness (QED) is 0.799. The number of hydrogen-bond donors (Lipinski definition) is 1. The van der Waals surface area contributed by atoms with Crippen molar-refractivity contribution in [3.05, 3.63) is 29.0 Å². The molecular weight excluding hydrogens is 206 g/mol. The SMILES string of the molecule is NC1CC/C(=C/c2cn3ccsc3n2)C1. The van der Waals surface area contributed by atoms with E-state index in [9.17, 15) is 0 Å². The highest BCUT2D eigenvalue weighted by Crippen LogP contribution is 2.25. The molecule has 2 N–H and O–H groups in total. The van der Waals surface area contributed by atoms with Gasteiger partial charge in [0.1, 0.15) is 0 Å². The third-order valence-corrected chi connectivity index (χ3v) is 3.60. The topological polar surface area (TPSA) is 43.3 Å². The van der Waals surface area contributed by atoms with Gasteiger partial charge in [-0.25, -0.2) is 4.98 Å². The molecule has 2 heterocycles. The lowest BCUT2D eigenvalue weighted by Gasteiger charge is -1.95. The molecule has 78 valence electrons. The van der Waals surface area contributed by atoms with Crippen molar-refractivity contribution < 1.29 is 0 Å². The summed E-state index contributed by atoms with van der Waals surface area (Å²) in [5, 5.41) is 2.05. The fraction of sp³-hybridized carbons (Fsp3) is 0.364. The van der Waals surface area contributed by atoms with Crippen molar-refractivity contribution in [1.29, 1.82) is 0 Å².